The van der Waals surface area contributed by atoms with E-state index in [1.165, 1.54) is 0 Å². The zero-order valence-electron chi connectivity index (χ0n) is 9.92. The molecule has 0 spiro atoms. The van der Waals surface area contributed by atoms with E-state index < -0.39 is 0 Å². The lowest BCUT2D eigenvalue weighted by Gasteiger charge is -2.35. The van der Waals surface area contributed by atoms with E-state index in [4.69, 9.17) is 0 Å². The van der Waals surface area contributed by atoms with Gasteiger partial charge in [-0.2, -0.15) is 5.10 Å². The highest BCUT2D eigenvalue weighted by Crippen LogP contribution is 2.19. The van der Waals surface area contributed by atoms with Crippen LogP contribution in [0.4, 0.5) is 0 Å². The molecule has 16 heavy (non-hydrogen) atoms. The lowest BCUT2D eigenvalue weighted by molar-refractivity contribution is 0.0237. The van der Waals surface area contributed by atoms with Crippen molar-refractivity contribution in [1.82, 2.24) is 14.7 Å². The number of piperidine rings is 1. The van der Waals surface area contributed by atoms with Gasteiger partial charge in [0.1, 0.15) is 0 Å². The van der Waals surface area contributed by atoms with Gasteiger partial charge in [-0.25, -0.2) is 0 Å². The molecule has 4 nitrogen and oxygen atoms in total. The minimum Gasteiger partial charge on any atom is -0.393 e. The molecule has 4 heteroatoms. The third-order valence-corrected chi connectivity index (χ3v) is 3.51. The summed E-state index contributed by atoms with van der Waals surface area (Å²) in [4.78, 5) is 2.43. The van der Waals surface area contributed by atoms with Crippen molar-refractivity contribution in [2.45, 2.75) is 32.4 Å². The van der Waals surface area contributed by atoms with E-state index in [2.05, 4.69) is 16.9 Å². The quantitative estimate of drug-likeness (QED) is 0.827. The first-order valence-corrected chi connectivity index (χ1v) is 6.17. The minimum absolute atomic E-state index is 0.0917. The fourth-order valence-electron chi connectivity index (χ4n) is 2.38. The molecule has 1 fully saturated rings. The molecular formula is C12H21N3O. The number of likely N-dealkylation sites (tertiary alicyclic amines) is 1. The number of nitrogens with zero attached hydrogens (tertiary/aromatic N) is 3. The summed E-state index contributed by atoms with van der Waals surface area (Å²) in [5, 5.41) is 14.0. The molecule has 0 amide bonds. The summed E-state index contributed by atoms with van der Waals surface area (Å²) in [5.41, 5.74) is 0. The van der Waals surface area contributed by atoms with Crippen LogP contribution in [-0.2, 0) is 6.54 Å². The number of hydrogen-bond donors (Lipinski definition) is 1. The number of rotatable bonds is 4. The summed E-state index contributed by atoms with van der Waals surface area (Å²) in [5.74, 6) is 0.450. The molecule has 2 atom stereocenters. The third kappa shape index (κ3) is 2.83. The molecule has 0 aliphatic carbocycles. The summed E-state index contributed by atoms with van der Waals surface area (Å²) in [6.07, 6.45) is 5.70. The fraction of sp³-hybridized carbons (Fsp3) is 0.750. The van der Waals surface area contributed by atoms with Crippen LogP contribution in [0.3, 0.4) is 0 Å². The Hall–Kier alpha value is -0.870. The Bertz CT molecular complexity index is 299. The van der Waals surface area contributed by atoms with Crippen molar-refractivity contribution < 1.29 is 5.11 Å². The van der Waals surface area contributed by atoms with Gasteiger partial charge in [-0.15, -0.1) is 0 Å². The predicted octanol–water partition coefficient (Wildman–Crippen LogP) is 0.976. The van der Waals surface area contributed by atoms with E-state index in [-0.39, 0.29) is 6.10 Å². The number of aromatic nitrogens is 2. The molecule has 1 aliphatic heterocycles. The average Bonchev–Trinajstić information content (AvgIpc) is 2.81. The van der Waals surface area contributed by atoms with Crippen LogP contribution in [0, 0.1) is 5.92 Å². The molecule has 1 saturated heterocycles. The van der Waals surface area contributed by atoms with Crippen molar-refractivity contribution in [2.75, 3.05) is 19.6 Å². The monoisotopic (exact) mass is 223 g/mol. The third-order valence-electron chi connectivity index (χ3n) is 3.51. The molecule has 1 N–H and O–H groups in total. The van der Waals surface area contributed by atoms with E-state index in [0.717, 1.165) is 39.0 Å². The van der Waals surface area contributed by atoms with Gasteiger partial charge in [0.05, 0.1) is 12.6 Å². The SMILES string of the molecule is CCC1CN(CCn2cccn2)CCC1O. The summed E-state index contributed by atoms with van der Waals surface area (Å²) >= 11 is 0. The predicted molar refractivity (Wildman–Crippen MR) is 63.1 cm³/mol. The molecule has 1 aliphatic rings. The molecule has 1 aromatic rings. The first-order valence-electron chi connectivity index (χ1n) is 6.17. The van der Waals surface area contributed by atoms with Crippen molar-refractivity contribution in [1.29, 1.82) is 0 Å². The number of aliphatic hydroxyl groups excluding tert-OH is 1. The van der Waals surface area contributed by atoms with E-state index in [1.54, 1.807) is 0 Å². The van der Waals surface area contributed by atoms with Gasteiger partial charge in [0.25, 0.3) is 0 Å². The highest BCUT2D eigenvalue weighted by Gasteiger charge is 2.25. The first-order chi connectivity index (χ1) is 7.79. The Kier molecular flexibility index (Phi) is 3.96. The zero-order chi connectivity index (χ0) is 11.4. The molecule has 0 radical (unpaired) electrons. The maximum absolute atomic E-state index is 9.79. The van der Waals surface area contributed by atoms with E-state index in [0.29, 0.717) is 5.92 Å². The van der Waals surface area contributed by atoms with Crippen LogP contribution in [-0.4, -0.2) is 45.5 Å². The summed E-state index contributed by atoms with van der Waals surface area (Å²) in [6, 6.07) is 1.95. The van der Waals surface area contributed by atoms with Gasteiger partial charge in [0.2, 0.25) is 0 Å². The largest absolute Gasteiger partial charge is 0.393 e. The minimum atomic E-state index is -0.0917. The first kappa shape index (κ1) is 11.6. The van der Waals surface area contributed by atoms with Gasteiger partial charge in [-0.3, -0.25) is 4.68 Å². The van der Waals surface area contributed by atoms with Crippen LogP contribution in [0.25, 0.3) is 0 Å². The highest BCUT2D eigenvalue weighted by molar-refractivity contribution is 4.81. The van der Waals surface area contributed by atoms with Gasteiger partial charge in [0.15, 0.2) is 0 Å². The number of hydrogen-bond acceptors (Lipinski definition) is 3. The lowest BCUT2D eigenvalue weighted by Crippen LogP contribution is -2.44. The summed E-state index contributed by atoms with van der Waals surface area (Å²) < 4.78 is 1.96. The maximum Gasteiger partial charge on any atom is 0.0592 e. The highest BCUT2D eigenvalue weighted by atomic mass is 16.3. The van der Waals surface area contributed by atoms with Gasteiger partial charge in [-0.1, -0.05) is 6.92 Å². The fourth-order valence-corrected chi connectivity index (χ4v) is 2.38. The van der Waals surface area contributed by atoms with Crippen molar-refractivity contribution >= 4 is 0 Å². The second-order valence-electron chi connectivity index (χ2n) is 4.59. The molecular weight excluding hydrogens is 202 g/mol. The molecule has 1 aromatic heterocycles. The maximum atomic E-state index is 9.79. The van der Waals surface area contributed by atoms with Crippen LogP contribution in [0.1, 0.15) is 19.8 Å². The molecule has 2 rings (SSSR count). The van der Waals surface area contributed by atoms with E-state index in [9.17, 15) is 5.11 Å². The second-order valence-corrected chi connectivity index (χ2v) is 4.59. The lowest BCUT2D eigenvalue weighted by atomic mass is 9.92. The van der Waals surface area contributed by atoms with Gasteiger partial charge < -0.3 is 10.0 Å². The van der Waals surface area contributed by atoms with Crippen LogP contribution in [0.5, 0.6) is 0 Å². The van der Waals surface area contributed by atoms with Crippen LogP contribution in [0.2, 0.25) is 0 Å². The van der Waals surface area contributed by atoms with Crippen molar-refractivity contribution in [3.05, 3.63) is 18.5 Å². The van der Waals surface area contributed by atoms with Gasteiger partial charge in [0, 0.05) is 32.0 Å². The summed E-state index contributed by atoms with van der Waals surface area (Å²) in [7, 11) is 0. The Morgan fingerprint density at radius 1 is 1.44 bits per heavy atom. The van der Waals surface area contributed by atoms with Crippen LogP contribution in [0.15, 0.2) is 18.5 Å². The van der Waals surface area contributed by atoms with E-state index >= 15 is 0 Å². The summed E-state index contributed by atoms with van der Waals surface area (Å²) in [6.45, 7) is 6.17. The molecule has 90 valence electrons. The molecule has 2 heterocycles. The van der Waals surface area contributed by atoms with Crippen molar-refractivity contribution in [3.8, 4) is 0 Å². The smallest absolute Gasteiger partial charge is 0.0592 e. The topological polar surface area (TPSA) is 41.3 Å². The Labute approximate surface area is 96.9 Å². The molecule has 0 aromatic carbocycles. The zero-order valence-corrected chi connectivity index (χ0v) is 9.92. The normalized spacial score (nSPS) is 27.1. The average molecular weight is 223 g/mol. The van der Waals surface area contributed by atoms with Crippen molar-refractivity contribution in [2.24, 2.45) is 5.92 Å². The molecule has 2 unspecified atom stereocenters. The van der Waals surface area contributed by atoms with Crippen molar-refractivity contribution in [3.63, 3.8) is 0 Å². The second kappa shape index (κ2) is 5.46. The number of aliphatic hydroxyl groups is 1. The Balaban J connectivity index is 1.78. The van der Waals surface area contributed by atoms with Crippen LogP contribution >= 0.6 is 0 Å². The molecule has 0 bridgehead atoms. The Morgan fingerprint density at radius 3 is 3.00 bits per heavy atom. The van der Waals surface area contributed by atoms with Gasteiger partial charge >= 0.3 is 0 Å². The molecule has 0 saturated carbocycles. The Morgan fingerprint density at radius 2 is 2.31 bits per heavy atom. The van der Waals surface area contributed by atoms with Gasteiger partial charge in [-0.05, 0) is 24.8 Å². The van der Waals surface area contributed by atoms with E-state index in [1.807, 2.05) is 23.1 Å². The van der Waals surface area contributed by atoms with Crippen LogP contribution < -0.4 is 0 Å². The standard InChI is InChI=1S/C12H21N3O/c1-2-11-10-14(7-4-12(11)16)8-9-15-6-3-5-13-15/h3,5-6,11-12,16H,2,4,7-10H2,1H3.